The van der Waals surface area contributed by atoms with Crippen LogP contribution in [0, 0.1) is 12.8 Å². The van der Waals surface area contributed by atoms with Gasteiger partial charge in [-0.1, -0.05) is 6.92 Å². The van der Waals surface area contributed by atoms with Crippen molar-refractivity contribution in [2.24, 2.45) is 5.92 Å². The first-order valence-corrected chi connectivity index (χ1v) is 8.97. The minimum Gasteiger partial charge on any atom is -0.312 e. The maximum absolute atomic E-state index is 12.5. The zero-order valence-corrected chi connectivity index (χ0v) is 13.4. The second-order valence-electron chi connectivity index (χ2n) is 5.14. The summed E-state index contributed by atoms with van der Waals surface area (Å²) < 4.78 is 26.5. The zero-order chi connectivity index (χ0) is 14.0. The van der Waals surface area contributed by atoms with Gasteiger partial charge in [-0.2, -0.15) is 0 Å². The summed E-state index contributed by atoms with van der Waals surface area (Å²) in [5, 5.41) is 3.23. The van der Waals surface area contributed by atoms with Crippen molar-refractivity contribution >= 4 is 21.4 Å². The summed E-state index contributed by atoms with van der Waals surface area (Å²) in [7, 11) is -1.62. The van der Waals surface area contributed by atoms with Gasteiger partial charge in [0.2, 0.25) is 10.0 Å². The molecular formula is C13H22N2O2S2. The average molecular weight is 302 g/mol. The van der Waals surface area contributed by atoms with Crippen LogP contribution < -0.4 is 5.32 Å². The maximum atomic E-state index is 12.5. The monoisotopic (exact) mass is 302 g/mol. The standard InChI is InChI=1S/C13H22N2O2S2/c1-4-14-8-12-7-13(10(2)18-12)19(16,17)15(3)9-11-5-6-11/h7,11,14H,4-6,8-9H2,1-3H3. The Morgan fingerprint density at radius 1 is 1.47 bits per heavy atom. The maximum Gasteiger partial charge on any atom is 0.243 e. The number of hydrogen-bond acceptors (Lipinski definition) is 4. The lowest BCUT2D eigenvalue weighted by Gasteiger charge is -2.16. The van der Waals surface area contributed by atoms with E-state index < -0.39 is 10.0 Å². The van der Waals surface area contributed by atoms with Crippen LogP contribution in [0.3, 0.4) is 0 Å². The fraction of sp³-hybridized carbons (Fsp3) is 0.692. The molecule has 2 rings (SSSR count). The van der Waals surface area contributed by atoms with Gasteiger partial charge in [0.15, 0.2) is 0 Å². The Balaban J connectivity index is 2.16. The molecule has 6 heteroatoms. The number of aryl methyl sites for hydroxylation is 1. The molecule has 0 unspecified atom stereocenters. The minimum atomic E-state index is -3.31. The molecule has 0 radical (unpaired) electrons. The molecule has 1 fully saturated rings. The summed E-state index contributed by atoms with van der Waals surface area (Å²) in [4.78, 5) is 2.45. The van der Waals surface area contributed by atoms with Gasteiger partial charge in [0, 0.05) is 29.9 Å². The van der Waals surface area contributed by atoms with E-state index in [1.807, 2.05) is 19.9 Å². The first kappa shape index (κ1) is 15.0. The third kappa shape index (κ3) is 3.56. The van der Waals surface area contributed by atoms with Crippen molar-refractivity contribution in [3.05, 3.63) is 15.8 Å². The van der Waals surface area contributed by atoms with Gasteiger partial charge in [0.1, 0.15) is 0 Å². The minimum absolute atomic E-state index is 0.480. The number of nitrogens with one attached hydrogen (secondary N) is 1. The lowest BCUT2D eigenvalue weighted by molar-refractivity contribution is 0.452. The second kappa shape index (κ2) is 5.91. The smallest absolute Gasteiger partial charge is 0.243 e. The molecule has 1 saturated carbocycles. The van der Waals surface area contributed by atoms with E-state index in [9.17, 15) is 8.42 Å². The molecule has 0 aromatic carbocycles. The van der Waals surface area contributed by atoms with Crippen molar-refractivity contribution in [3.8, 4) is 0 Å². The number of nitrogens with zero attached hydrogens (tertiary/aromatic N) is 1. The van der Waals surface area contributed by atoms with Crippen molar-refractivity contribution < 1.29 is 8.42 Å². The van der Waals surface area contributed by atoms with Crippen molar-refractivity contribution in [2.75, 3.05) is 20.1 Å². The van der Waals surface area contributed by atoms with E-state index in [0.29, 0.717) is 17.4 Å². The molecule has 0 spiro atoms. The molecule has 1 aromatic rings. The first-order chi connectivity index (χ1) is 8.95. The fourth-order valence-corrected chi connectivity index (χ4v) is 4.86. The quantitative estimate of drug-likeness (QED) is 0.840. The van der Waals surface area contributed by atoms with Gasteiger partial charge in [0.25, 0.3) is 0 Å². The molecule has 1 aliphatic carbocycles. The molecule has 0 amide bonds. The Labute approximate surface area is 119 Å². The molecule has 0 saturated heterocycles. The van der Waals surface area contributed by atoms with Crippen LogP contribution in [0.4, 0.5) is 0 Å². The third-order valence-electron chi connectivity index (χ3n) is 3.37. The van der Waals surface area contributed by atoms with Crippen LogP contribution in [0.2, 0.25) is 0 Å². The topological polar surface area (TPSA) is 49.4 Å². The Kier molecular flexibility index (Phi) is 4.66. The lowest BCUT2D eigenvalue weighted by Crippen LogP contribution is -2.29. The van der Waals surface area contributed by atoms with Gasteiger partial charge < -0.3 is 5.32 Å². The summed E-state index contributed by atoms with van der Waals surface area (Å²) in [5.74, 6) is 0.569. The van der Waals surface area contributed by atoms with E-state index in [1.54, 1.807) is 18.4 Å². The van der Waals surface area contributed by atoms with Crippen LogP contribution in [0.5, 0.6) is 0 Å². The van der Waals surface area contributed by atoms with Crippen LogP contribution in [-0.4, -0.2) is 32.9 Å². The zero-order valence-electron chi connectivity index (χ0n) is 11.8. The highest BCUT2D eigenvalue weighted by Gasteiger charge is 2.30. The highest BCUT2D eigenvalue weighted by atomic mass is 32.2. The van der Waals surface area contributed by atoms with Crippen LogP contribution in [0.15, 0.2) is 11.0 Å². The molecule has 1 heterocycles. The Hall–Kier alpha value is -0.430. The first-order valence-electron chi connectivity index (χ1n) is 6.71. The van der Waals surface area contributed by atoms with Gasteiger partial charge in [-0.3, -0.25) is 0 Å². The molecule has 0 bridgehead atoms. The Bertz CT molecular complexity index is 533. The van der Waals surface area contributed by atoms with Crippen molar-refractivity contribution in [2.45, 2.75) is 38.1 Å². The summed E-state index contributed by atoms with van der Waals surface area (Å²) >= 11 is 1.56. The largest absolute Gasteiger partial charge is 0.312 e. The SMILES string of the molecule is CCNCc1cc(S(=O)(=O)N(C)CC2CC2)c(C)s1. The molecular weight excluding hydrogens is 280 g/mol. The predicted octanol–water partition coefficient (Wildman–Crippen LogP) is 2.20. The summed E-state index contributed by atoms with van der Waals surface area (Å²) in [5.41, 5.74) is 0. The molecule has 4 nitrogen and oxygen atoms in total. The van der Waals surface area contributed by atoms with E-state index in [1.165, 1.54) is 4.31 Å². The molecule has 108 valence electrons. The highest BCUT2D eigenvalue weighted by molar-refractivity contribution is 7.89. The van der Waals surface area contributed by atoms with Gasteiger partial charge in [-0.05, 0) is 38.3 Å². The number of rotatable bonds is 7. The van der Waals surface area contributed by atoms with Gasteiger partial charge in [0.05, 0.1) is 4.90 Å². The van der Waals surface area contributed by atoms with E-state index in [2.05, 4.69) is 5.32 Å². The number of sulfonamides is 1. The summed E-state index contributed by atoms with van der Waals surface area (Å²) in [6.45, 7) is 6.21. The molecule has 1 aliphatic rings. The molecule has 1 N–H and O–H groups in total. The Morgan fingerprint density at radius 3 is 2.74 bits per heavy atom. The average Bonchev–Trinajstić information content (AvgIpc) is 3.08. The molecule has 1 aromatic heterocycles. The summed E-state index contributed by atoms with van der Waals surface area (Å²) in [6.07, 6.45) is 2.32. The third-order valence-corrected chi connectivity index (χ3v) is 6.50. The van der Waals surface area contributed by atoms with Crippen LogP contribution in [0.25, 0.3) is 0 Å². The molecule has 0 aliphatic heterocycles. The van der Waals surface area contributed by atoms with E-state index in [0.717, 1.165) is 35.7 Å². The van der Waals surface area contributed by atoms with Crippen molar-refractivity contribution in [1.82, 2.24) is 9.62 Å². The predicted molar refractivity (Wildman–Crippen MR) is 79.0 cm³/mol. The van der Waals surface area contributed by atoms with Gasteiger partial charge in [-0.15, -0.1) is 11.3 Å². The molecule has 0 atom stereocenters. The van der Waals surface area contributed by atoms with Crippen molar-refractivity contribution in [3.63, 3.8) is 0 Å². The van der Waals surface area contributed by atoms with E-state index in [-0.39, 0.29) is 0 Å². The molecule has 19 heavy (non-hydrogen) atoms. The lowest BCUT2D eigenvalue weighted by atomic mass is 10.4. The number of hydrogen-bond donors (Lipinski definition) is 1. The van der Waals surface area contributed by atoms with Crippen molar-refractivity contribution in [1.29, 1.82) is 0 Å². The van der Waals surface area contributed by atoms with Gasteiger partial charge in [-0.25, -0.2) is 12.7 Å². The van der Waals surface area contributed by atoms with Crippen LogP contribution >= 0.6 is 11.3 Å². The van der Waals surface area contributed by atoms with Gasteiger partial charge >= 0.3 is 0 Å². The number of thiophene rings is 1. The normalized spacial score (nSPS) is 16.2. The fourth-order valence-electron chi connectivity index (χ4n) is 2.05. The van der Waals surface area contributed by atoms with E-state index in [4.69, 9.17) is 0 Å². The Morgan fingerprint density at radius 2 is 2.16 bits per heavy atom. The summed E-state index contributed by atoms with van der Waals surface area (Å²) in [6, 6.07) is 1.82. The van der Waals surface area contributed by atoms with E-state index >= 15 is 0 Å². The highest BCUT2D eigenvalue weighted by Crippen LogP contribution is 2.33. The second-order valence-corrected chi connectivity index (χ2v) is 8.50. The van der Waals surface area contributed by atoms with Crippen LogP contribution in [-0.2, 0) is 16.6 Å². The van der Waals surface area contributed by atoms with Crippen LogP contribution in [0.1, 0.15) is 29.5 Å².